The Morgan fingerprint density at radius 2 is 2.15 bits per heavy atom. The van der Waals surface area contributed by atoms with E-state index < -0.39 is 5.92 Å². The summed E-state index contributed by atoms with van der Waals surface area (Å²) in [6, 6.07) is 11.6. The van der Waals surface area contributed by atoms with Crippen molar-refractivity contribution in [2.24, 2.45) is 11.8 Å². The number of amides is 1. The fourth-order valence-electron chi connectivity index (χ4n) is 2.65. The van der Waals surface area contributed by atoms with Gasteiger partial charge in [-0.25, -0.2) is 0 Å². The Morgan fingerprint density at radius 1 is 1.40 bits per heavy atom. The molecule has 1 saturated carbocycles. The maximum absolute atomic E-state index is 12.0. The van der Waals surface area contributed by atoms with Crippen LogP contribution in [0.15, 0.2) is 30.3 Å². The molecule has 3 unspecified atom stereocenters. The molecule has 0 bridgehead atoms. The molecular weight excluding hydrogens is 252 g/mol. The number of nitrogens with one attached hydrogen (secondary N) is 1. The Hall–Kier alpha value is -1.86. The number of nitriles is 1. The first-order valence-electron chi connectivity index (χ1n) is 7.08. The maximum Gasteiger partial charge on any atom is 0.237 e. The highest BCUT2D eigenvalue weighted by atomic mass is 16.3. The molecule has 4 nitrogen and oxygen atoms in total. The lowest BCUT2D eigenvalue weighted by atomic mass is 9.99. The van der Waals surface area contributed by atoms with Crippen LogP contribution >= 0.6 is 0 Å². The number of aliphatic hydroxyl groups excluding tert-OH is 1. The molecule has 0 radical (unpaired) electrons. The van der Waals surface area contributed by atoms with Gasteiger partial charge in [-0.2, -0.15) is 5.26 Å². The van der Waals surface area contributed by atoms with Gasteiger partial charge in [0, 0.05) is 6.54 Å². The summed E-state index contributed by atoms with van der Waals surface area (Å²) in [4.78, 5) is 12.0. The van der Waals surface area contributed by atoms with Gasteiger partial charge in [0.05, 0.1) is 12.2 Å². The topological polar surface area (TPSA) is 73.1 Å². The highest BCUT2D eigenvalue weighted by Gasteiger charge is 2.24. The van der Waals surface area contributed by atoms with E-state index in [0.29, 0.717) is 18.9 Å². The molecule has 0 spiro atoms. The van der Waals surface area contributed by atoms with Crippen molar-refractivity contribution in [1.82, 2.24) is 5.32 Å². The Bertz CT molecular complexity index is 481. The second kappa shape index (κ2) is 7.06. The number of hydrogen-bond donors (Lipinski definition) is 2. The summed E-state index contributed by atoms with van der Waals surface area (Å²) < 4.78 is 0. The van der Waals surface area contributed by atoms with Crippen LogP contribution in [0, 0.1) is 23.2 Å². The molecule has 1 amide bonds. The molecular formula is C16H20N2O2. The van der Waals surface area contributed by atoms with E-state index in [-0.39, 0.29) is 12.0 Å². The quantitative estimate of drug-likeness (QED) is 0.856. The van der Waals surface area contributed by atoms with Crippen molar-refractivity contribution in [2.45, 2.75) is 31.8 Å². The highest BCUT2D eigenvalue weighted by Crippen LogP contribution is 2.24. The van der Waals surface area contributed by atoms with Crippen LogP contribution in [0.1, 0.15) is 24.8 Å². The third-order valence-corrected chi connectivity index (χ3v) is 3.83. The van der Waals surface area contributed by atoms with E-state index >= 15 is 0 Å². The number of nitrogens with zero attached hydrogens (tertiary/aromatic N) is 1. The lowest BCUT2D eigenvalue weighted by Crippen LogP contribution is -2.34. The van der Waals surface area contributed by atoms with Crippen molar-refractivity contribution >= 4 is 5.91 Å². The number of carbonyl (C=O) groups is 1. The third-order valence-electron chi connectivity index (χ3n) is 3.83. The molecule has 2 N–H and O–H groups in total. The summed E-state index contributed by atoms with van der Waals surface area (Å²) in [5.41, 5.74) is 0.991. The minimum Gasteiger partial charge on any atom is -0.393 e. The lowest BCUT2D eigenvalue weighted by molar-refractivity contribution is -0.123. The molecule has 1 aliphatic carbocycles. The average molecular weight is 272 g/mol. The van der Waals surface area contributed by atoms with Gasteiger partial charge >= 0.3 is 0 Å². The normalized spacial score (nSPS) is 23.0. The number of benzene rings is 1. The predicted octanol–water partition coefficient (Wildman–Crippen LogP) is 1.65. The first-order chi connectivity index (χ1) is 9.69. The Labute approximate surface area is 119 Å². The lowest BCUT2D eigenvalue weighted by Gasteiger charge is -2.13. The minimum absolute atomic E-state index is 0.210. The van der Waals surface area contributed by atoms with E-state index in [1.807, 2.05) is 30.3 Å². The van der Waals surface area contributed by atoms with E-state index in [1.54, 1.807) is 0 Å². The van der Waals surface area contributed by atoms with Crippen LogP contribution in [0.2, 0.25) is 0 Å². The summed E-state index contributed by atoms with van der Waals surface area (Å²) in [6.07, 6.45) is 2.71. The van der Waals surface area contributed by atoms with Gasteiger partial charge in [-0.15, -0.1) is 0 Å². The number of rotatable bonds is 5. The van der Waals surface area contributed by atoms with Crippen molar-refractivity contribution in [2.75, 3.05) is 6.54 Å². The molecule has 1 aromatic rings. The molecule has 0 aliphatic heterocycles. The van der Waals surface area contributed by atoms with Gasteiger partial charge in [0.15, 0.2) is 0 Å². The van der Waals surface area contributed by atoms with Crippen LogP contribution in [0.25, 0.3) is 0 Å². The van der Waals surface area contributed by atoms with Crippen LogP contribution in [-0.2, 0) is 11.2 Å². The van der Waals surface area contributed by atoms with E-state index in [1.165, 1.54) is 0 Å². The second-order valence-electron chi connectivity index (χ2n) is 5.45. The third kappa shape index (κ3) is 4.07. The van der Waals surface area contributed by atoms with Crippen molar-refractivity contribution < 1.29 is 9.90 Å². The summed E-state index contributed by atoms with van der Waals surface area (Å²) in [7, 11) is 0. The van der Waals surface area contributed by atoms with Crippen molar-refractivity contribution in [1.29, 1.82) is 5.26 Å². The molecule has 3 atom stereocenters. The molecule has 4 heteroatoms. The zero-order chi connectivity index (χ0) is 14.4. The maximum atomic E-state index is 12.0. The second-order valence-corrected chi connectivity index (χ2v) is 5.45. The van der Waals surface area contributed by atoms with Crippen molar-refractivity contribution in [3.8, 4) is 6.07 Å². The van der Waals surface area contributed by atoms with Crippen LogP contribution in [0.3, 0.4) is 0 Å². The van der Waals surface area contributed by atoms with E-state index in [2.05, 4.69) is 11.4 Å². The van der Waals surface area contributed by atoms with Crippen LogP contribution in [-0.4, -0.2) is 23.7 Å². The average Bonchev–Trinajstić information content (AvgIpc) is 2.89. The Morgan fingerprint density at radius 3 is 2.75 bits per heavy atom. The van der Waals surface area contributed by atoms with Gasteiger partial charge in [-0.05, 0) is 37.2 Å². The monoisotopic (exact) mass is 272 g/mol. The smallest absolute Gasteiger partial charge is 0.237 e. The molecule has 0 aromatic heterocycles. The summed E-state index contributed by atoms with van der Waals surface area (Å²) in [5.74, 6) is -0.522. The molecule has 20 heavy (non-hydrogen) atoms. The Kier molecular flexibility index (Phi) is 5.14. The molecule has 2 rings (SSSR count). The van der Waals surface area contributed by atoms with E-state index in [9.17, 15) is 9.90 Å². The molecule has 0 heterocycles. The number of carbonyl (C=O) groups excluding carboxylic acids is 1. The Balaban J connectivity index is 1.82. The SMILES string of the molecule is N#CC(Cc1ccccc1)C(=O)NCC1CCC(O)C1. The molecule has 1 fully saturated rings. The number of aliphatic hydroxyl groups is 1. The fraction of sp³-hybridized carbons (Fsp3) is 0.500. The summed E-state index contributed by atoms with van der Waals surface area (Å²) in [6.45, 7) is 0.558. The van der Waals surface area contributed by atoms with Gasteiger partial charge in [0.2, 0.25) is 5.91 Å². The van der Waals surface area contributed by atoms with Crippen LogP contribution < -0.4 is 5.32 Å². The van der Waals surface area contributed by atoms with Crippen molar-refractivity contribution in [3.63, 3.8) is 0 Å². The van der Waals surface area contributed by atoms with Gasteiger partial charge in [0.1, 0.15) is 5.92 Å². The fourth-order valence-corrected chi connectivity index (χ4v) is 2.65. The molecule has 0 saturated heterocycles. The predicted molar refractivity (Wildman–Crippen MR) is 75.6 cm³/mol. The van der Waals surface area contributed by atoms with Crippen molar-refractivity contribution in [3.05, 3.63) is 35.9 Å². The highest BCUT2D eigenvalue weighted by molar-refractivity contribution is 5.81. The van der Waals surface area contributed by atoms with E-state index in [0.717, 1.165) is 24.8 Å². The first-order valence-corrected chi connectivity index (χ1v) is 7.08. The zero-order valence-electron chi connectivity index (χ0n) is 11.5. The first kappa shape index (κ1) is 14.5. The standard InChI is InChI=1S/C16H20N2O2/c17-10-14(8-12-4-2-1-3-5-12)16(20)18-11-13-6-7-15(19)9-13/h1-5,13-15,19H,6-9,11H2,(H,18,20). The van der Waals surface area contributed by atoms with Crippen LogP contribution in [0.5, 0.6) is 0 Å². The zero-order valence-corrected chi connectivity index (χ0v) is 11.5. The molecule has 1 aliphatic rings. The molecule has 1 aromatic carbocycles. The largest absolute Gasteiger partial charge is 0.393 e. The van der Waals surface area contributed by atoms with Gasteiger partial charge in [-0.1, -0.05) is 30.3 Å². The van der Waals surface area contributed by atoms with E-state index in [4.69, 9.17) is 5.26 Å². The minimum atomic E-state index is -0.649. The van der Waals surface area contributed by atoms with Gasteiger partial charge in [0.25, 0.3) is 0 Å². The van der Waals surface area contributed by atoms with Gasteiger partial charge in [-0.3, -0.25) is 4.79 Å². The van der Waals surface area contributed by atoms with Crippen LogP contribution in [0.4, 0.5) is 0 Å². The van der Waals surface area contributed by atoms with Gasteiger partial charge < -0.3 is 10.4 Å². The summed E-state index contributed by atoms with van der Waals surface area (Å²) >= 11 is 0. The molecule has 106 valence electrons. The number of hydrogen-bond acceptors (Lipinski definition) is 3. The summed E-state index contributed by atoms with van der Waals surface area (Å²) in [5, 5.41) is 21.4.